The van der Waals surface area contributed by atoms with Crippen molar-refractivity contribution in [2.45, 2.75) is 59.4 Å². The molecule has 2 N–H and O–H groups in total. The van der Waals surface area contributed by atoms with Gasteiger partial charge < -0.3 is 5.11 Å². The van der Waals surface area contributed by atoms with Gasteiger partial charge in [-0.3, -0.25) is 14.5 Å². The molecule has 0 saturated heterocycles. The number of H-pyrrole nitrogens is 1. The predicted octanol–water partition coefficient (Wildman–Crippen LogP) is 3.84. The van der Waals surface area contributed by atoms with Crippen LogP contribution in [0.15, 0.2) is 15.0 Å². The van der Waals surface area contributed by atoms with Gasteiger partial charge in [0.25, 0.3) is 5.56 Å². The van der Waals surface area contributed by atoms with E-state index in [1.54, 1.807) is 0 Å². The van der Waals surface area contributed by atoms with Crippen molar-refractivity contribution in [2.24, 2.45) is 10.2 Å². The van der Waals surface area contributed by atoms with E-state index in [1.807, 2.05) is 33.8 Å². The van der Waals surface area contributed by atoms with E-state index < -0.39 is 5.56 Å². The van der Waals surface area contributed by atoms with Crippen LogP contribution in [0.3, 0.4) is 0 Å². The Hall–Kier alpha value is -3.46. The van der Waals surface area contributed by atoms with Crippen molar-refractivity contribution in [3.63, 3.8) is 0 Å². The summed E-state index contributed by atoms with van der Waals surface area (Å²) < 4.78 is 1.12. The highest BCUT2D eigenvalue weighted by Crippen LogP contribution is 2.31. The summed E-state index contributed by atoms with van der Waals surface area (Å²) in [6.45, 7) is 9.52. The average molecular weight is 381 g/mol. The largest absolute Gasteiger partial charge is 0.493 e. The molecule has 2 aromatic heterocycles. The predicted molar refractivity (Wildman–Crippen MR) is 103 cm³/mol. The SMILES string of the molecule is CCCCn1c(O)c(C#N)c(C)c(N=Nc2n[nH]c(C(C)(C)C)c2C#N)c1=O. The second-order valence-corrected chi connectivity index (χ2v) is 7.45. The Bertz CT molecular complexity index is 1060. The molecular weight excluding hydrogens is 358 g/mol. The highest BCUT2D eigenvalue weighted by molar-refractivity contribution is 5.57. The molecule has 0 aliphatic rings. The summed E-state index contributed by atoms with van der Waals surface area (Å²) in [6, 6.07) is 3.97. The minimum Gasteiger partial charge on any atom is -0.493 e. The van der Waals surface area contributed by atoms with Crippen LogP contribution in [-0.2, 0) is 12.0 Å². The van der Waals surface area contributed by atoms with E-state index >= 15 is 0 Å². The van der Waals surface area contributed by atoms with Crippen LogP contribution < -0.4 is 5.56 Å². The molecule has 0 radical (unpaired) electrons. The molecule has 0 saturated carbocycles. The van der Waals surface area contributed by atoms with Crippen molar-refractivity contribution in [1.82, 2.24) is 14.8 Å². The number of nitriles is 2. The molecule has 0 aliphatic heterocycles. The molecule has 0 bridgehead atoms. The first kappa shape index (κ1) is 20.8. The zero-order valence-electron chi connectivity index (χ0n) is 16.7. The molecule has 2 heterocycles. The van der Waals surface area contributed by atoms with Crippen LogP contribution in [-0.4, -0.2) is 19.9 Å². The van der Waals surface area contributed by atoms with Gasteiger partial charge in [-0.25, -0.2) is 0 Å². The van der Waals surface area contributed by atoms with E-state index in [9.17, 15) is 20.4 Å². The van der Waals surface area contributed by atoms with E-state index in [0.717, 1.165) is 11.0 Å². The standard InChI is InChI=1S/C19H23N7O2/c1-6-7-8-26-17(27)12(9-20)11(2)14(18(26)28)22-24-16-13(10-21)15(23-25-16)19(3,4)5/h27H,6-8H2,1-5H3,(H,23,25). The number of aromatic amines is 1. The Morgan fingerprint density at radius 2 is 1.86 bits per heavy atom. The zero-order chi connectivity index (χ0) is 21.1. The molecule has 9 nitrogen and oxygen atoms in total. The molecule has 0 unspecified atom stereocenters. The number of nitrogens with zero attached hydrogens (tertiary/aromatic N) is 6. The number of aromatic hydroxyl groups is 1. The second-order valence-electron chi connectivity index (χ2n) is 7.45. The third kappa shape index (κ3) is 3.79. The van der Waals surface area contributed by atoms with E-state index in [0.29, 0.717) is 12.1 Å². The van der Waals surface area contributed by atoms with Gasteiger partial charge in [0.15, 0.2) is 5.69 Å². The number of azo groups is 1. The lowest BCUT2D eigenvalue weighted by atomic mass is 9.90. The summed E-state index contributed by atoms with van der Waals surface area (Å²) in [5.74, 6) is -0.303. The molecule has 2 rings (SSSR count). The molecule has 0 atom stereocenters. The van der Waals surface area contributed by atoms with Crippen molar-refractivity contribution >= 4 is 11.5 Å². The van der Waals surface area contributed by atoms with E-state index in [4.69, 9.17) is 0 Å². The molecular formula is C19H23N7O2. The monoisotopic (exact) mass is 381 g/mol. The lowest BCUT2D eigenvalue weighted by Crippen LogP contribution is -2.22. The first-order valence-electron chi connectivity index (χ1n) is 8.94. The molecule has 9 heteroatoms. The molecule has 0 aliphatic carbocycles. The Morgan fingerprint density at radius 1 is 1.21 bits per heavy atom. The molecule has 0 fully saturated rings. The molecule has 0 spiro atoms. The average Bonchev–Trinajstić information content (AvgIpc) is 3.05. The number of pyridine rings is 1. The second kappa shape index (κ2) is 8.05. The highest BCUT2D eigenvalue weighted by atomic mass is 16.3. The molecule has 0 aromatic carbocycles. The lowest BCUT2D eigenvalue weighted by molar-refractivity contribution is 0.399. The van der Waals surface area contributed by atoms with Crippen molar-refractivity contribution in [3.8, 4) is 18.0 Å². The van der Waals surface area contributed by atoms with Crippen molar-refractivity contribution in [1.29, 1.82) is 10.5 Å². The summed E-state index contributed by atoms with van der Waals surface area (Å²) in [4.78, 5) is 12.8. The van der Waals surface area contributed by atoms with Gasteiger partial charge in [-0.1, -0.05) is 34.1 Å². The molecule has 146 valence electrons. The number of aromatic nitrogens is 3. The van der Waals surface area contributed by atoms with Gasteiger partial charge >= 0.3 is 0 Å². The van der Waals surface area contributed by atoms with Crippen LogP contribution in [0.25, 0.3) is 0 Å². The summed E-state index contributed by atoms with van der Waals surface area (Å²) in [5.41, 5.74) is 0.116. The Labute approximate surface area is 163 Å². The van der Waals surface area contributed by atoms with Gasteiger partial charge in [0.1, 0.15) is 23.3 Å². The van der Waals surface area contributed by atoms with Crippen LogP contribution in [0.5, 0.6) is 5.88 Å². The maximum atomic E-state index is 12.8. The van der Waals surface area contributed by atoms with Crippen LogP contribution in [0, 0.1) is 29.6 Å². The van der Waals surface area contributed by atoms with Gasteiger partial charge in [-0.15, -0.1) is 10.2 Å². The third-order valence-electron chi connectivity index (χ3n) is 4.36. The zero-order valence-corrected chi connectivity index (χ0v) is 16.7. The van der Waals surface area contributed by atoms with Gasteiger partial charge in [-0.2, -0.15) is 15.6 Å². The summed E-state index contributed by atoms with van der Waals surface area (Å²) >= 11 is 0. The third-order valence-corrected chi connectivity index (χ3v) is 4.36. The summed E-state index contributed by atoms with van der Waals surface area (Å²) in [7, 11) is 0. The van der Waals surface area contributed by atoms with Gasteiger partial charge in [0, 0.05) is 17.5 Å². The van der Waals surface area contributed by atoms with Gasteiger partial charge in [0.2, 0.25) is 11.7 Å². The number of hydrogen-bond donors (Lipinski definition) is 2. The minimum atomic E-state index is -0.545. The maximum Gasteiger partial charge on any atom is 0.281 e. The number of nitrogens with one attached hydrogen (secondary N) is 1. The highest BCUT2D eigenvalue weighted by Gasteiger charge is 2.24. The molecule has 0 amide bonds. The minimum absolute atomic E-state index is 0.0254. The Balaban J connectivity index is 2.62. The smallest absolute Gasteiger partial charge is 0.281 e. The fourth-order valence-corrected chi connectivity index (χ4v) is 2.73. The van der Waals surface area contributed by atoms with Crippen molar-refractivity contribution in [2.75, 3.05) is 0 Å². The fraction of sp³-hybridized carbons (Fsp3) is 0.474. The van der Waals surface area contributed by atoms with Crippen molar-refractivity contribution < 1.29 is 5.11 Å². The van der Waals surface area contributed by atoms with Gasteiger partial charge in [-0.05, 0) is 13.3 Å². The fourth-order valence-electron chi connectivity index (χ4n) is 2.73. The van der Waals surface area contributed by atoms with Gasteiger partial charge in [0.05, 0.1) is 5.69 Å². The topological polar surface area (TPSA) is 143 Å². The Kier molecular flexibility index (Phi) is 5.99. The van der Waals surface area contributed by atoms with Crippen LogP contribution >= 0.6 is 0 Å². The number of rotatable bonds is 5. The van der Waals surface area contributed by atoms with Crippen molar-refractivity contribution in [3.05, 3.63) is 32.7 Å². The van der Waals surface area contributed by atoms with E-state index in [1.165, 1.54) is 6.92 Å². The molecule has 28 heavy (non-hydrogen) atoms. The summed E-state index contributed by atoms with van der Waals surface area (Å²) in [6.07, 6.45) is 1.47. The maximum absolute atomic E-state index is 12.8. The normalized spacial score (nSPS) is 11.5. The van der Waals surface area contributed by atoms with Crippen LogP contribution in [0.1, 0.15) is 62.9 Å². The number of hydrogen-bond acceptors (Lipinski definition) is 7. The number of unbranched alkanes of at least 4 members (excludes halogenated alkanes) is 1. The van der Waals surface area contributed by atoms with E-state index in [2.05, 4.69) is 26.5 Å². The Morgan fingerprint density at radius 3 is 2.39 bits per heavy atom. The lowest BCUT2D eigenvalue weighted by Gasteiger charge is -2.15. The quantitative estimate of drug-likeness (QED) is 0.756. The summed E-state index contributed by atoms with van der Waals surface area (Å²) in [5, 5.41) is 43.9. The van der Waals surface area contributed by atoms with Crippen LogP contribution in [0.4, 0.5) is 11.5 Å². The molecule has 2 aromatic rings. The van der Waals surface area contributed by atoms with Crippen LogP contribution in [0.2, 0.25) is 0 Å². The first-order valence-corrected chi connectivity index (χ1v) is 8.94. The first-order chi connectivity index (χ1) is 13.2. The van der Waals surface area contributed by atoms with E-state index in [-0.39, 0.29) is 46.0 Å².